The fourth-order valence-electron chi connectivity index (χ4n) is 3.18. The number of hydrogen-bond donors (Lipinski definition) is 1. The van der Waals surface area contributed by atoms with Crippen LogP contribution in [0.15, 0.2) is 53.6 Å². The molecule has 0 aliphatic heterocycles. The summed E-state index contributed by atoms with van der Waals surface area (Å²) in [7, 11) is 0. The van der Waals surface area contributed by atoms with E-state index in [0.29, 0.717) is 0 Å². The smallest absolute Gasteiger partial charge is 0.272 e. The van der Waals surface area contributed by atoms with Gasteiger partial charge in [-0.1, -0.05) is 36.8 Å². The normalized spacial score (nSPS) is 18.5. The van der Waals surface area contributed by atoms with E-state index < -0.39 is 9.85 Å². The van der Waals surface area contributed by atoms with Crippen molar-refractivity contribution in [3.8, 4) is 0 Å². The van der Waals surface area contributed by atoms with E-state index in [2.05, 4.69) is 22.7 Å². The van der Waals surface area contributed by atoms with Crippen LogP contribution in [0.25, 0.3) is 0 Å². The highest BCUT2D eigenvalue weighted by atomic mass is 16.6. The third-order valence-corrected chi connectivity index (χ3v) is 4.49. The zero-order chi connectivity index (χ0) is 18.5. The average molecular weight is 354 g/mol. The molecule has 0 aromatic heterocycles. The summed E-state index contributed by atoms with van der Waals surface area (Å²) in [5, 5.41) is 26.5. The molecular weight excluding hydrogens is 336 g/mol. The minimum absolute atomic E-state index is 0.144. The van der Waals surface area contributed by atoms with Gasteiger partial charge in [0.1, 0.15) is 5.69 Å². The topological polar surface area (TPSA) is 111 Å². The van der Waals surface area contributed by atoms with Crippen molar-refractivity contribution in [1.29, 1.82) is 0 Å². The van der Waals surface area contributed by atoms with Crippen molar-refractivity contribution in [3.05, 3.63) is 74.3 Å². The number of nitro benzene ring substituents is 2. The lowest BCUT2D eigenvalue weighted by atomic mass is 9.82. The largest absolute Gasteiger partial charge is 0.301 e. The monoisotopic (exact) mass is 354 g/mol. The Morgan fingerprint density at radius 3 is 2.46 bits per heavy atom. The Hall–Kier alpha value is -3.29. The van der Waals surface area contributed by atoms with Crippen molar-refractivity contribution in [2.75, 3.05) is 5.43 Å². The summed E-state index contributed by atoms with van der Waals surface area (Å²) in [6.45, 7) is 0. The van der Waals surface area contributed by atoms with Gasteiger partial charge in [0.25, 0.3) is 5.69 Å². The molecule has 1 aliphatic rings. The third-order valence-electron chi connectivity index (χ3n) is 4.49. The van der Waals surface area contributed by atoms with Crippen LogP contribution in [0.1, 0.15) is 37.2 Å². The van der Waals surface area contributed by atoms with Crippen LogP contribution in [0.2, 0.25) is 0 Å². The molecule has 134 valence electrons. The molecule has 0 saturated heterocycles. The molecule has 0 bridgehead atoms. The predicted octanol–water partition coefficient (Wildman–Crippen LogP) is 4.63. The van der Waals surface area contributed by atoms with Gasteiger partial charge in [-0.3, -0.25) is 25.7 Å². The first-order valence-electron chi connectivity index (χ1n) is 8.36. The number of benzene rings is 2. The Bertz CT molecular complexity index is 852. The minimum Gasteiger partial charge on any atom is -0.272 e. The molecule has 1 N–H and O–H groups in total. The highest BCUT2D eigenvalue weighted by Gasteiger charge is 2.23. The fourth-order valence-corrected chi connectivity index (χ4v) is 3.18. The molecule has 1 unspecified atom stereocenters. The quantitative estimate of drug-likeness (QED) is 0.621. The summed E-state index contributed by atoms with van der Waals surface area (Å²) in [5.41, 5.74) is 4.32. The van der Waals surface area contributed by atoms with Gasteiger partial charge in [-0.05, 0) is 30.9 Å². The number of nitrogens with one attached hydrogen (secondary N) is 1. The van der Waals surface area contributed by atoms with E-state index in [1.165, 1.54) is 17.7 Å². The Kier molecular flexibility index (Phi) is 5.21. The number of hydrogen-bond acceptors (Lipinski definition) is 6. The molecule has 1 saturated carbocycles. The van der Waals surface area contributed by atoms with E-state index in [1.807, 2.05) is 18.2 Å². The Morgan fingerprint density at radius 2 is 1.77 bits per heavy atom. The zero-order valence-electron chi connectivity index (χ0n) is 14.0. The molecule has 2 aromatic carbocycles. The van der Waals surface area contributed by atoms with Gasteiger partial charge in [-0.2, -0.15) is 5.10 Å². The average Bonchev–Trinajstić information content (AvgIpc) is 2.67. The summed E-state index contributed by atoms with van der Waals surface area (Å²) in [6, 6.07) is 13.5. The molecule has 0 spiro atoms. The van der Waals surface area contributed by atoms with Crippen LogP contribution >= 0.6 is 0 Å². The minimum atomic E-state index is -0.657. The van der Waals surface area contributed by atoms with Gasteiger partial charge in [-0.15, -0.1) is 0 Å². The number of nitro groups is 2. The number of non-ortho nitro benzene ring substituents is 1. The van der Waals surface area contributed by atoms with Crippen LogP contribution in [0.4, 0.5) is 17.1 Å². The van der Waals surface area contributed by atoms with Gasteiger partial charge >= 0.3 is 5.69 Å². The van der Waals surface area contributed by atoms with Crippen molar-refractivity contribution < 1.29 is 9.85 Å². The molecule has 8 nitrogen and oxygen atoms in total. The molecular formula is C18H18N4O4. The van der Waals surface area contributed by atoms with Crippen LogP contribution < -0.4 is 5.43 Å². The highest BCUT2D eigenvalue weighted by Crippen LogP contribution is 2.32. The number of hydrazone groups is 1. The third kappa shape index (κ3) is 3.85. The van der Waals surface area contributed by atoms with Gasteiger partial charge in [0, 0.05) is 17.7 Å². The second-order valence-corrected chi connectivity index (χ2v) is 6.14. The molecule has 8 heteroatoms. The lowest BCUT2D eigenvalue weighted by molar-refractivity contribution is -0.393. The first kappa shape index (κ1) is 17.5. The van der Waals surface area contributed by atoms with E-state index in [4.69, 9.17) is 0 Å². The fraction of sp³-hybridized carbons (Fsp3) is 0.278. The second kappa shape index (κ2) is 7.73. The molecule has 26 heavy (non-hydrogen) atoms. The van der Waals surface area contributed by atoms with Gasteiger partial charge in [0.15, 0.2) is 0 Å². The Labute approximate surface area is 149 Å². The van der Waals surface area contributed by atoms with E-state index in [1.54, 1.807) is 0 Å². The molecule has 0 heterocycles. The molecule has 0 amide bonds. The van der Waals surface area contributed by atoms with Crippen molar-refractivity contribution >= 4 is 22.8 Å². The summed E-state index contributed by atoms with van der Waals surface area (Å²) in [5.74, 6) is 0.176. The highest BCUT2D eigenvalue weighted by molar-refractivity contribution is 5.92. The lowest BCUT2D eigenvalue weighted by Crippen LogP contribution is -2.19. The maximum atomic E-state index is 11.2. The van der Waals surface area contributed by atoms with Crippen LogP contribution in [-0.4, -0.2) is 15.6 Å². The number of nitrogens with zero attached hydrogens (tertiary/aromatic N) is 3. The van der Waals surface area contributed by atoms with E-state index in [-0.39, 0.29) is 23.0 Å². The van der Waals surface area contributed by atoms with Crippen LogP contribution in [-0.2, 0) is 0 Å². The Balaban J connectivity index is 1.88. The van der Waals surface area contributed by atoms with E-state index in [0.717, 1.165) is 37.5 Å². The van der Waals surface area contributed by atoms with Gasteiger partial charge < -0.3 is 0 Å². The molecule has 1 atom stereocenters. The summed E-state index contributed by atoms with van der Waals surface area (Å²) < 4.78 is 0. The molecule has 0 radical (unpaired) electrons. The Morgan fingerprint density at radius 1 is 1.00 bits per heavy atom. The standard InChI is InChI=1S/C18H18N4O4/c23-21(24)14-10-11-17(18(12-14)22(25)26)20-19-16-9-5-4-8-15(16)13-6-2-1-3-7-13/h1-3,6-7,10-12,15,20H,4-5,8-9H2/b19-16-. The van der Waals surface area contributed by atoms with Crippen LogP contribution in [0, 0.1) is 20.2 Å². The molecule has 2 aromatic rings. The number of rotatable bonds is 5. The molecule has 1 aliphatic carbocycles. The van der Waals surface area contributed by atoms with Gasteiger partial charge in [0.2, 0.25) is 0 Å². The molecule has 3 rings (SSSR count). The first-order valence-corrected chi connectivity index (χ1v) is 8.36. The first-order chi connectivity index (χ1) is 12.6. The number of anilines is 1. The van der Waals surface area contributed by atoms with Crippen molar-refractivity contribution in [1.82, 2.24) is 0 Å². The SMILES string of the molecule is O=[N+]([O-])c1ccc(N/N=C2/CCCCC2c2ccccc2)c([N+](=O)[O-])c1. The van der Waals surface area contributed by atoms with Crippen LogP contribution in [0.5, 0.6) is 0 Å². The van der Waals surface area contributed by atoms with Gasteiger partial charge in [-0.25, -0.2) is 0 Å². The zero-order valence-corrected chi connectivity index (χ0v) is 14.0. The predicted molar refractivity (Wildman–Crippen MR) is 98.5 cm³/mol. The van der Waals surface area contributed by atoms with E-state index >= 15 is 0 Å². The summed E-state index contributed by atoms with van der Waals surface area (Å²) >= 11 is 0. The van der Waals surface area contributed by atoms with E-state index in [9.17, 15) is 20.2 Å². The van der Waals surface area contributed by atoms with Crippen molar-refractivity contribution in [2.24, 2.45) is 5.10 Å². The maximum Gasteiger partial charge on any atom is 0.301 e. The summed E-state index contributed by atoms with van der Waals surface area (Å²) in [6.07, 6.45) is 3.92. The van der Waals surface area contributed by atoms with Crippen molar-refractivity contribution in [3.63, 3.8) is 0 Å². The maximum absolute atomic E-state index is 11.2. The lowest BCUT2D eigenvalue weighted by Gasteiger charge is -2.24. The van der Waals surface area contributed by atoms with Gasteiger partial charge in [0.05, 0.1) is 15.9 Å². The van der Waals surface area contributed by atoms with Crippen LogP contribution in [0.3, 0.4) is 0 Å². The molecule has 1 fully saturated rings. The summed E-state index contributed by atoms with van der Waals surface area (Å²) in [4.78, 5) is 20.7. The van der Waals surface area contributed by atoms with Crippen molar-refractivity contribution in [2.45, 2.75) is 31.6 Å². The second-order valence-electron chi connectivity index (χ2n) is 6.14.